The summed E-state index contributed by atoms with van der Waals surface area (Å²) >= 11 is 0. The summed E-state index contributed by atoms with van der Waals surface area (Å²) in [5, 5.41) is 0.995. The van der Waals surface area contributed by atoms with Gasteiger partial charge in [-0.1, -0.05) is 42.5 Å². The first kappa shape index (κ1) is 20.5. The molecule has 1 atom stereocenters. The van der Waals surface area contributed by atoms with Gasteiger partial charge in [0.15, 0.2) is 5.78 Å². The molecule has 0 fully saturated rings. The van der Waals surface area contributed by atoms with Crippen LogP contribution in [0.3, 0.4) is 0 Å². The second-order valence-corrected chi connectivity index (χ2v) is 6.79. The van der Waals surface area contributed by atoms with E-state index in [2.05, 4.69) is 9.24 Å². The van der Waals surface area contributed by atoms with Crippen LogP contribution in [0.15, 0.2) is 60.7 Å². The molecule has 3 aromatic carbocycles. The molecule has 0 heterocycles. The van der Waals surface area contributed by atoms with Crippen molar-refractivity contribution in [3.05, 3.63) is 88.5 Å². The van der Waals surface area contributed by atoms with E-state index in [0.717, 1.165) is 27.6 Å². The fraction of sp³-hybridized carbons (Fsp3) is 0.136. The molecular formula is C22H22LiO2P. The molecule has 0 aliphatic heterocycles. The van der Waals surface area contributed by atoms with Crippen molar-refractivity contribution in [3.63, 3.8) is 0 Å². The van der Waals surface area contributed by atoms with Crippen LogP contribution in [0, 0.1) is 20.8 Å². The number of para-hydroxylation sites is 1. The minimum atomic E-state index is 0. The third-order valence-corrected chi connectivity index (χ3v) is 5.00. The summed E-state index contributed by atoms with van der Waals surface area (Å²) in [4.78, 5) is 13.4. The Bertz CT molecular complexity index is 922. The van der Waals surface area contributed by atoms with E-state index in [4.69, 9.17) is 4.74 Å². The molecule has 128 valence electrons. The quantitative estimate of drug-likeness (QED) is 0.407. The van der Waals surface area contributed by atoms with E-state index >= 15 is 0 Å². The van der Waals surface area contributed by atoms with Crippen LogP contribution in [0.2, 0.25) is 0 Å². The molecule has 0 aliphatic carbocycles. The SMILES string of the molecule is Cc1cccc(C)c1C(=O)c1c(Oc2ccccc2)ccc(P)c1C.[H-].[Li+]. The van der Waals surface area contributed by atoms with E-state index in [-0.39, 0.29) is 26.1 Å². The third kappa shape index (κ3) is 4.10. The van der Waals surface area contributed by atoms with Crippen LogP contribution >= 0.6 is 9.24 Å². The van der Waals surface area contributed by atoms with Crippen LogP contribution in [0.25, 0.3) is 0 Å². The molecule has 2 nitrogen and oxygen atoms in total. The number of ketones is 1. The van der Waals surface area contributed by atoms with Gasteiger partial charge in [0, 0.05) is 5.56 Å². The number of rotatable bonds is 4. The number of ether oxygens (including phenoxy) is 1. The monoisotopic (exact) mass is 356 g/mol. The first-order chi connectivity index (χ1) is 12.0. The van der Waals surface area contributed by atoms with Crippen molar-refractivity contribution >= 4 is 20.3 Å². The van der Waals surface area contributed by atoms with Crippen LogP contribution in [-0.4, -0.2) is 5.78 Å². The number of aryl methyl sites for hydroxylation is 2. The van der Waals surface area contributed by atoms with Crippen LogP contribution in [0.1, 0.15) is 34.0 Å². The van der Waals surface area contributed by atoms with E-state index in [1.807, 2.05) is 81.4 Å². The van der Waals surface area contributed by atoms with Crippen molar-refractivity contribution in [1.29, 1.82) is 0 Å². The van der Waals surface area contributed by atoms with Crippen molar-refractivity contribution in [1.82, 2.24) is 0 Å². The van der Waals surface area contributed by atoms with E-state index in [0.29, 0.717) is 17.1 Å². The number of hydrogen-bond donors (Lipinski definition) is 0. The smallest absolute Gasteiger partial charge is 1.00 e. The predicted octanol–water partition coefficient (Wildman–Crippen LogP) is 2.25. The summed E-state index contributed by atoms with van der Waals surface area (Å²) in [5.74, 6) is 1.31. The minimum Gasteiger partial charge on any atom is -1.00 e. The van der Waals surface area contributed by atoms with Gasteiger partial charge in [0.2, 0.25) is 0 Å². The zero-order valence-corrected chi connectivity index (χ0v) is 16.8. The molecule has 4 heteroatoms. The molecule has 0 amide bonds. The summed E-state index contributed by atoms with van der Waals surface area (Å²) in [6.45, 7) is 5.90. The summed E-state index contributed by atoms with van der Waals surface area (Å²) in [7, 11) is 2.69. The van der Waals surface area contributed by atoms with Gasteiger partial charge in [-0.3, -0.25) is 4.79 Å². The van der Waals surface area contributed by atoms with Gasteiger partial charge >= 0.3 is 18.9 Å². The van der Waals surface area contributed by atoms with Gasteiger partial charge in [-0.2, -0.15) is 0 Å². The summed E-state index contributed by atoms with van der Waals surface area (Å²) in [6.07, 6.45) is 0. The Kier molecular flexibility index (Phi) is 6.85. The standard InChI is InChI=1S/C22H21O2P.Li.H/c1-14-8-7-9-15(2)20(14)22(23)21-16(3)19(25)13-12-18(21)24-17-10-5-4-6-11-17;;/h4-13H,25H2,1-3H3;;/q;+1;-1. The predicted molar refractivity (Wildman–Crippen MR) is 107 cm³/mol. The maximum Gasteiger partial charge on any atom is 1.00 e. The normalized spacial score (nSPS) is 10.2. The van der Waals surface area contributed by atoms with Crippen LogP contribution < -0.4 is 28.9 Å². The van der Waals surface area contributed by atoms with E-state index < -0.39 is 0 Å². The zero-order valence-electron chi connectivity index (χ0n) is 16.7. The Morgan fingerprint density at radius 1 is 0.846 bits per heavy atom. The number of hydrogen-bond acceptors (Lipinski definition) is 2. The van der Waals surface area contributed by atoms with Gasteiger partial charge < -0.3 is 6.16 Å². The maximum absolute atomic E-state index is 13.4. The molecule has 3 aromatic rings. The molecule has 0 aliphatic rings. The van der Waals surface area contributed by atoms with Gasteiger partial charge in [-0.25, -0.2) is 0 Å². The second-order valence-electron chi connectivity index (χ2n) is 6.16. The largest absolute Gasteiger partial charge is 1.00 e. The Balaban J connectivity index is 0.00000182. The van der Waals surface area contributed by atoms with E-state index in [9.17, 15) is 4.79 Å². The molecule has 0 saturated carbocycles. The van der Waals surface area contributed by atoms with Crippen molar-refractivity contribution in [3.8, 4) is 11.5 Å². The van der Waals surface area contributed by atoms with Crippen molar-refractivity contribution in [2.75, 3.05) is 0 Å². The third-order valence-electron chi connectivity index (χ3n) is 4.37. The van der Waals surface area contributed by atoms with Crippen molar-refractivity contribution in [2.24, 2.45) is 0 Å². The van der Waals surface area contributed by atoms with Crippen LogP contribution in [0.4, 0.5) is 0 Å². The zero-order chi connectivity index (χ0) is 18.0. The molecule has 1 unspecified atom stereocenters. The number of carbonyl (C=O) groups is 1. The number of benzene rings is 3. The molecule has 0 radical (unpaired) electrons. The molecule has 0 bridgehead atoms. The van der Waals surface area contributed by atoms with Gasteiger partial charge in [0.25, 0.3) is 0 Å². The Morgan fingerprint density at radius 3 is 2.08 bits per heavy atom. The van der Waals surface area contributed by atoms with Gasteiger partial charge in [-0.05, 0) is 61.0 Å². The van der Waals surface area contributed by atoms with Gasteiger partial charge in [0.1, 0.15) is 11.5 Å². The fourth-order valence-electron chi connectivity index (χ4n) is 2.98. The summed E-state index contributed by atoms with van der Waals surface area (Å²) in [6, 6.07) is 19.3. The summed E-state index contributed by atoms with van der Waals surface area (Å²) < 4.78 is 6.04. The van der Waals surface area contributed by atoms with Crippen molar-refractivity contribution < 1.29 is 29.8 Å². The minimum absolute atomic E-state index is 0. The number of carbonyl (C=O) groups excluding carboxylic acids is 1. The van der Waals surface area contributed by atoms with Crippen LogP contribution in [-0.2, 0) is 0 Å². The topological polar surface area (TPSA) is 26.3 Å². The van der Waals surface area contributed by atoms with Gasteiger partial charge in [-0.15, -0.1) is 9.24 Å². The Morgan fingerprint density at radius 2 is 1.46 bits per heavy atom. The molecule has 0 saturated heterocycles. The maximum atomic E-state index is 13.4. The first-order valence-corrected chi connectivity index (χ1v) is 8.79. The van der Waals surface area contributed by atoms with E-state index in [1.165, 1.54) is 0 Å². The molecule has 0 N–H and O–H groups in total. The summed E-state index contributed by atoms with van der Waals surface area (Å²) in [5.41, 5.74) is 4.24. The molecule has 3 rings (SSSR count). The van der Waals surface area contributed by atoms with E-state index in [1.54, 1.807) is 0 Å². The van der Waals surface area contributed by atoms with Gasteiger partial charge in [0.05, 0.1) is 5.56 Å². The average molecular weight is 356 g/mol. The second kappa shape index (κ2) is 8.70. The molecular weight excluding hydrogens is 334 g/mol. The first-order valence-electron chi connectivity index (χ1n) is 8.22. The Hall–Kier alpha value is -1.84. The molecule has 26 heavy (non-hydrogen) atoms. The molecule has 0 spiro atoms. The average Bonchev–Trinajstić information content (AvgIpc) is 2.59. The fourth-order valence-corrected chi connectivity index (χ4v) is 3.22. The molecule has 0 aromatic heterocycles. The van der Waals surface area contributed by atoms with Crippen LogP contribution in [0.5, 0.6) is 11.5 Å². The van der Waals surface area contributed by atoms with Crippen molar-refractivity contribution in [2.45, 2.75) is 20.8 Å². The Labute approximate surface area is 170 Å².